The van der Waals surface area contributed by atoms with Crippen LogP contribution in [0.4, 0.5) is 4.79 Å². The number of aliphatic hydroxyl groups is 1. The number of aliphatic hydroxyl groups excluding tert-OH is 1. The van der Waals surface area contributed by atoms with Crippen molar-refractivity contribution in [3.05, 3.63) is 0 Å². The second-order valence-electron chi connectivity index (χ2n) is 5.27. The zero-order chi connectivity index (χ0) is 14.8. The molecular formula is C14H28N2O4. The third kappa shape index (κ3) is 6.54. The number of nitrogens with zero attached hydrogens (tertiary/aromatic N) is 2. The van der Waals surface area contributed by atoms with Crippen LogP contribution in [-0.4, -0.2) is 78.7 Å². The lowest BCUT2D eigenvalue weighted by molar-refractivity contribution is 0.0778. The largest absolute Gasteiger partial charge is 0.465 e. The minimum atomic E-state index is -0.803. The lowest BCUT2D eigenvalue weighted by atomic mass is 9.94. The van der Waals surface area contributed by atoms with Crippen LogP contribution < -0.4 is 0 Å². The van der Waals surface area contributed by atoms with Crippen LogP contribution in [0.1, 0.15) is 26.2 Å². The first kappa shape index (κ1) is 17.2. The molecule has 6 nitrogen and oxygen atoms in total. The summed E-state index contributed by atoms with van der Waals surface area (Å²) in [7, 11) is 0. The van der Waals surface area contributed by atoms with E-state index in [2.05, 4.69) is 11.8 Å². The van der Waals surface area contributed by atoms with Gasteiger partial charge in [0.15, 0.2) is 0 Å². The summed E-state index contributed by atoms with van der Waals surface area (Å²) < 4.78 is 5.64. The summed E-state index contributed by atoms with van der Waals surface area (Å²) in [5.41, 5.74) is 0. The smallest absolute Gasteiger partial charge is 0.407 e. The van der Waals surface area contributed by atoms with Crippen molar-refractivity contribution < 1.29 is 19.7 Å². The molecule has 0 saturated carbocycles. The average molecular weight is 288 g/mol. The molecule has 2 N–H and O–H groups in total. The van der Waals surface area contributed by atoms with E-state index < -0.39 is 6.09 Å². The highest BCUT2D eigenvalue weighted by molar-refractivity contribution is 5.64. The molecule has 6 heteroatoms. The van der Waals surface area contributed by atoms with Crippen molar-refractivity contribution in [3.63, 3.8) is 0 Å². The van der Waals surface area contributed by atoms with Crippen LogP contribution in [0.2, 0.25) is 0 Å². The molecule has 0 aromatic carbocycles. The molecule has 0 spiro atoms. The maximum Gasteiger partial charge on any atom is 0.407 e. The Hall–Kier alpha value is -0.850. The Kier molecular flexibility index (Phi) is 8.57. The number of rotatable bonds is 9. The monoisotopic (exact) mass is 288 g/mol. The quantitative estimate of drug-likeness (QED) is 0.622. The molecule has 1 aliphatic rings. The number of carbonyl (C=O) groups is 1. The summed E-state index contributed by atoms with van der Waals surface area (Å²) in [5.74, 6) is 0.588. The molecule has 0 aromatic rings. The lowest BCUT2D eigenvalue weighted by Gasteiger charge is -2.29. The molecule has 0 radical (unpaired) electrons. The highest BCUT2D eigenvalue weighted by atomic mass is 16.5. The topological polar surface area (TPSA) is 73.2 Å². The van der Waals surface area contributed by atoms with E-state index in [0.29, 0.717) is 32.2 Å². The zero-order valence-electron chi connectivity index (χ0n) is 12.5. The van der Waals surface area contributed by atoms with Gasteiger partial charge in [0.2, 0.25) is 0 Å². The first-order chi connectivity index (χ1) is 9.67. The van der Waals surface area contributed by atoms with Gasteiger partial charge in [-0.05, 0) is 31.7 Å². The number of amides is 1. The Bertz CT molecular complexity index is 268. The van der Waals surface area contributed by atoms with Gasteiger partial charge in [0.05, 0.1) is 13.2 Å². The Balaban J connectivity index is 2.01. The Morgan fingerprint density at radius 2 is 2.00 bits per heavy atom. The van der Waals surface area contributed by atoms with E-state index in [1.807, 2.05) is 0 Å². The number of hydrogen-bond acceptors (Lipinski definition) is 4. The molecule has 0 atom stereocenters. The van der Waals surface area contributed by atoms with Crippen LogP contribution in [0.25, 0.3) is 0 Å². The van der Waals surface area contributed by atoms with E-state index in [0.717, 1.165) is 39.0 Å². The highest BCUT2D eigenvalue weighted by Crippen LogP contribution is 2.20. The SMILES string of the molecule is CCN(CCO)CCOCCC1CCN(C(=O)O)CC1. The third-order valence-electron chi connectivity index (χ3n) is 3.97. The van der Waals surface area contributed by atoms with Crippen molar-refractivity contribution in [3.8, 4) is 0 Å². The molecule has 20 heavy (non-hydrogen) atoms. The van der Waals surface area contributed by atoms with Crippen LogP contribution in [-0.2, 0) is 4.74 Å². The molecule has 1 rings (SSSR count). The van der Waals surface area contributed by atoms with E-state index in [1.54, 1.807) is 0 Å². The van der Waals surface area contributed by atoms with Crippen LogP contribution in [0, 0.1) is 5.92 Å². The van der Waals surface area contributed by atoms with Crippen LogP contribution in [0.5, 0.6) is 0 Å². The summed E-state index contributed by atoms with van der Waals surface area (Å²) in [5, 5.41) is 17.7. The van der Waals surface area contributed by atoms with Crippen LogP contribution in [0.15, 0.2) is 0 Å². The van der Waals surface area contributed by atoms with Crippen molar-refractivity contribution in [1.82, 2.24) is 9.80 Å². The average Bonchev–Trinajstić information content (AvgIpc) is 2.46. The Morgan fingerprint density at radius 3 is 2.55 bits per heavy atom. The molecule has 1 aliphatic heterocycles. The molecular weight excluding hydrogens is 260 g/mol. The Morgan fingerprint density at radius 1 is 1.30 bits per heavy atom. The fourth-order valence-electron chi connectivity index (χ4n) is 2.53. The van der Waals surface area contributed by atoms with Gasteiger partial charge in [-0.15, -0.1) is 0 Å². The number of likely N-dealkylation sites (N-methyl/N-ethyl adjacent to an activating group) is 1. The van der Waals surface area contributed by atoms with Crippen molar-refractivity contribution >= 4 is 6.09 Å². The van der Waals surface area contributed by atoms with Gasteiger partial charge < -0.3 is 19.8 Å². The third-order valence-corrected chi connectivity index (χ3v) is 3.97. The normalized spacial score (nSPS) is 16.9. The van der Waals surface area contributed by atoms with E-state index in [9.17, 15) is 4.79 Å². The van der Waals surface area contributed by atoms with E-state index in [1.165, 1.54) is 4.90 Å². The predicted molar refractivity (Wildman–Crippen MR) is 77.0 cm³/mol. The maximum atomic E-state index is 10.8. The zero-order valence-corrected chi connectivity index (χ0v) is 12.5. The fraction of sp³-hybridized carbons (Fsp3) is 0.929. The van der Waals surface area contributed by atoms with Gasteiger partial charge in [-0.25, -0.2) is 4.79 Å². The first-order valence-electron chi connectivity index (χ1n) is 7.56. The van der Waals surface area contributed by atoms with Crippen molar-refractivity contribution in [2.45, 2.75) is 26.2 Å². The number of piperidine rings is 1. The number of likely N-dealkylation sites (tertiary alicyclic amines) is 1. The minimum Gasteiger partial charge on any atom is -0.465 e. The molecule has 118 valence electrons. The van der Waals surface area contributed by atoms with Crippen molar-refractivity contribution in [1.29, 1.82) is 0 Å². The van der Waals surface area contributed by atoms with Crippen LogP contribution >= 0.6 is 0 Å². The van der Waals surface area contributed by atoms with Crippen molar-refractivity contribution in [2.75, 3.05) is 52.5 Å². The predicted octanol–water partition coefficient (Wildman–Crippen LogP) is 1.10. The fourth-order valence-corrected chi connectivity index (χ4v) is 2.53. The molecule has 0 bridgehead atoms. The maximum absolute atomic E-state index is 10.8. The lowest BCUT2D eigenvalue weighted by Crippen LogP contribution is -2.37. The molecule has 1 saturated heterocycles. The van der Waals surface area contributed by atoms with Gasteiger partial charge in [-0.1, -0.05) is 6.92 Å². The van der Waals surface area contributed by atoms with Gasteiger partial charge in [0, 0.05) is 32.8 Å². The molecule has 1 heterocycles. The molecule has 1 amide bonds. The molecule has 0 aromatic heterocycles. The summed E-state index contributed by atoms with van der Waals surface area (Å²) in [6, 6.07) is 0. The van der Waals surface area contributed by atoms with E-state index in [-0.39, 0.29) is 6.61 Å². The van der Waals surface area contributed by atoms with Crippen molar-refractivity contribution in [2.24, 2.45) is 5.92 Å². The molecule has 1 fully saturated rings. The standard InChI is InChI=1S/C14H28N2O4/c1-2-15(8-10-17)9-12-20-11-5-13-3-6-16(7-4-13)14(18)19/h13,17H,2-12H2,1H3,(H,18,19). The number of hydrogen-bond donors (Lipinski definition) is 2. The summed E-state index contributed by atoms with van der Waals surface area (Å²) in [6.07, 6.45) is 2.10. The summed E-state index contributed by atoms with van der Waals surface area (Å²) >= 11 is 0. The Labute approximate surface area is 121 Å². The van der Waals surface area contributed by atoms with Gasteiger partial charge >= 0.3 is 6.09 Å². The summed E-state index contributed by atoms with van der Waals surface area (Å²) in [4.78, 5) is 14.4. The van der Waals surface area contributed by atoms with Gasteiger partial charge in [0.25, 0.3) is 0 Å². The molecule has 0 unspecified atom stereocenters. The summed E-state index contributed by atoms with van der Waals surface area (Å²) in [6.45, 7) is 7.50. The second kappa shape index (κ2) is 9.96. The van der Waals surface area contributed by atoms with E-state index >= 15 is 0 Å². The van der Waals surface area contributed by atoms with Crippen LogP contribution in [0.3, 0.4) is 0 Å². The van der Waals surface area contributed by atoms with E-state index in [4.69, 9.17) is 14.9 Å². The molecule has 0 aliphatic carbocycles. The second-order valence-corrected chi connectivity index (χ2v) is 5.27. The first-order valence-corrected chi connectivity index (χ1v) is 7.56. The minimum absolute atomic E-state index is 0.190. The number of carboxylic acid groups (broad SMARTS) is 1. The number of ether oxygens (including phenoxy) is 1. The van der Waals surface area contributed by atoms with Gasteiger partial charge in [-0.2, -0.15) is 0 Å². The van der Waals surface area contributed by atoms with Gasteiger partial charge in [0.1, 0.15) is 0 Å². The highest BCUT2D eigenvalue weighted by Gasteiger charge is 2.21. The van der Waals surface area contributed by atoms with Gasteiger partial charge in [-0.3, -0.25) is 4.90 Å².